The van der Waals surface area contributed by atoms with E-state index in [4.69, 9.17) is 4.74 Å². The standard InChI is InChI=1S/C26H23NO6S/c1-26(2,3)17-9-11-18(12-10-17)27-23(28)15-33-25(30)16-8-13-20-22(14-16)34(31,32)21-7-5-4-6-19(21)24(20)29/h4-14H,15H2,1-3H3,(H,27,28). The Morgan fingerprint density at radius 1 is 0.882 bits per heavy atom. The van der Waals surface area contributed by atoms with Crippen LogP contribution >= 0.6 is 0 Å². The lowest BCUT2D eigenvalue weighted by molar-refractivity contribution is -0.119. The molecular weight excluding hydrogens is 454 g/mol. The number of ketones is 1. The zero-order valence-corrected chi connectivity index (χ0v) is 19.7. The molecule has 3 aromatic rings. The molecule has 1 heterocycles. The van der Waals surface area contributed by atoms with E-state index in [1.54, 1.807) is 18.2 Å². The van der Waals surface area contributed by atoms with E-state index in [9.17, 15) is 22.8 Å². The third-order valence-electron chi connectivity index (χ3n) is 5.54. The van der Waals surface area contributed by atoms with Gasteiger partial charge in [-0.25, -0.2) is 13.2 Å². The zero-order valence-electron chi connectivity index (χ0n) is 18.9. The molecule has 34 heavy (non-hydrogen) atoms. The van der Waals surface area contributed by atoms with Crippen LogP contribution < -0.4 is 5.32 Å². The second-order valence-electron chi connectivity index (χ2n) is 8.99. The monoisotopic (exact) mass is 477 g/mol. The lowest BCUT2D eigenvalue weighted by atomic mass is 9.87. The number of carbonyl (C=O) groups is 3. The number of rotatable bonds is 4. The number of hydrogen-bond acceptors (Lipinski definition) is 6. The number of benzene rings is 3. The van der Waals surface area contributed by atoms with Crippen molar-refractivity contribution in [3.8, 4) is 0 Å². The molecule has 1 aliphatic rings. The summed E-state index contributed by atoms with van der Waals surface area (Å²) < 4.78 is 31.1. The highest BCUT2D eigenvalue weighted by atomic mass is 32.2. The average Bonchev–Trinajstić information content (AvgIpc) is 2.81. The number of sulfone groups is 1. The number of carbonyl (C=O) groups excluding carboxylic acids is 3. The van der Waals surface area contributed by atoms with Gasteiger partial charge in [0.1, 0.15) is 0 Å². The SMILES string of the molecule is CC(C)(C)c1ccc(NC(=O)COC(=O)c2ccc3c(c2)S(=O)(=O)c2ccccc2C3=O)cc1. The molecule has 0 aromatic heterocycles. The Morgan fingerprint density at radius 3 is 2.21 bits per heavy atom. The van der Waals surface area contributed by atoms with Crippen LogP contribution in [0, 0.1) is 0 Å². The molecule has 0 aliphatic carbocycles. The van der Waals surface area contributed by atoms with Crippen LogP contribution in [0.25, 0.3) is 0 Å². The van der Waals surface area contributed by atoms with E-state index in [2.05, 4.69) is 26.1 Å². The Hall–Kier alpha value is -3.78. The summed E-state index contributed by atoms with van der Waals surface area (Å²) >= 11 is 0. The number of anilines is 1. The van der Waals surface area contributed by atoms with Crippen LogP contribution in [0.4, 0.5) is 5.69 Å². The highest BCUT2D eigenvalue weighted by Gasteiger charge is 2.35. The summed E-state index contributed by atoms with van der Waals surface area (Å²) in [5.74, 6) is -1.84. The minimum absolute atomic E-state index is 0.00769. The van der Waals surface area contributed by atoms with Gasteiger partial charge in [0.15, 0.2) is 12.4 Å². The number of hydrogen-bond donors (Lipinski definition) is 1. The first-order valence-corrected chi connectivity index (χ1v) is 12.1. The van der Waals surface area contributed by atoms with Gasteiger partial charge in [0.05, 0.1) is 15.4 Å². The Kier molecular flexibility index (Phi) is 5.87. The first-order chi connectivity index (χ1) is 16.0. The van der Waals surface area contributed by atoms with Crippen molar-refractivity contribution < 1.29 is 27.5 Å². The molecule has 0 saturated heterocycles. The highest BCUT2D eigenvalue weighted by molar-refractivity contribution is 7.91. The van der Waals surface area contributed by atoms with Gasteiger partial charge in [-0.15, -0.1) is 0 Å². The van der Waals surface area contributed by atoms with Crippen LogP contribution in [0.2, 0.25) is 0 Å². The van der Waals surface area contributed by atoms with E-state index in [1.807, 2.05) is 12.1 Å². The van der Waals surface area contributed by atoms with Crippen LogP contribution in [0.3, 0.4) is 0 Å². The molecule has 0 spiro atoms. The molecule has 8 heteroatoms. The van der Waals surface area contributed by atoms with Crippen molar-refractivity contribution in [3.63, 3.8) is 0 Å². The third-order valence-corrected chi connectivity index (χ3v) is 7.39. The number of ether oxygens (including phenoxy) is 1. The van der Waals surface area contributed by atoms with E-state index in [-0.39, 0.29) is 31.9 Å². The van der Waals surface area contributed by atoms with Crippen LogP contribution in [0.5, 0.6) is 0 Å². The van der Waals surface area contributed by atoms with Gasteiger partial charge in [-0.05, 0) is 53.4 Å². The summed E-state index contributed by atoms with van der Waals surface area (Å²) in [5, 5.41) is 2.65. The molecule has 4 rings (SSSR count). The second kappa shape index (κ2) is 8.53. The minimum Gasteiger partial charge on any atom is -0.452 e. The lowest BCUT2D eigenvalue weighted by Gasteiger charge is -2.19. The van der Waals surface area contributed by atoms with Crippen molar-refractivity contribution in [2.75, 3.05) is 11.9 Å². The molecule has 0 saturated carbocycles. The van der Waals surface area contributed by atoms with Gasteiger partial charge in [0.25, 0.3) is 5.91 Å². The van der Waals surface area contributed by atoms with Gasteiger partial charge in [0, 0.05) is 16.8 Å². The maximum atomic E-state index is 13.0. The van der Waals surface area contributed by atoms with E-state index >= 15 is 0 Å². The Bertz CT molecular complexity index is 1420. The highest BCUT2D eigenvalue weighted by Crippen LogP contribution is 2.34. The van der Waals surface area contributed by atoms with Crippen LogP contribution in [0.1, 0.15) is 52.6 Å². The predicted molar refractivity (Wildman–Crippen MR) is 126 cm³/mol. The fourth-order valence-electron chi connectivity index (χ4n) is 3.68. The van der Waals surface area contributed by atoms with Crippen LogP contribution in [-0.4, -0.2) is 32.7 Å². The molecule has 1 amide bonds. The van der Waals surface area contributed by atoms with Crippen molar-refractivity contribution >= 4 is 33.2 Å². The van der Waals surface area contributed by atoms with Gasteiger partial charge in [-0.2, -0.15) is 0 Å². The van der Waals surface area contributed by atoms with Crippen LogP contribution in [0.15, 0.2) is 76.5 Å². The molecule has 0 bridgehead atoms. The number of fused-ring (bicyclic) bond motifs is 2. The summed E-state index contributed by atoms with van der Waals surface area (Å²) in [6, 6.07) is 17.0. The normalized spacial score (nSPS) is 14.0. The first-order valence-electron chi connectivity index (χ1n) is 10.6. The largest absolute Gasteiger partial charge is 0.452 e. The van der Waals surface area contributed by atoms with Crippen molar-refractivity contribution in [3.05, 3.63) is 89.0 Å². The molecule has 0 radical (unpaired) electrons. The molecule has 0 fully saturated rings. The molecule has 1 aliphatic heterocycles. The van der Waals surface area contributed by atoms with Crippen molar-refractivity contribution in [1.29, 1.82) is 0 Å². The lowest BCUT2D eigenvalue weighted by Crippen LogP contribution is -2.23. The van der Waals surface area contributed by atoms with Gasteiger partial charge < -0.3 is 10.1 Å². The Balaban J connectivity index is 1.46. The van der Waals surface area contributed by atoms with Gasteiger partial charge in [-0.1, -0.05) is 45.0 Å². The average molecular weight is 478 g/mol. The van der Waals surface area contributed by atoms with E-state index in [0.717, 1.165) is 11.6 Å². The number of nitrogens with one attached hydrogen (secondary N) is 1. The second-order valence-corrected chi connectivity index (χ2v) is 10.9. The van der Waals surface area contributed by atoms with Gasteiger partial charge >= 0.3 is 5.97 Å². The van der Waals surface area contributed by atoms with Crippen molar-refractivity contribution in [2.24, 2.45) is 0 Å². The molecule has 7 nitrogen and oxygen atoms in total. The van der Waals surface area contributed by atoms with Crippen molar-refractivity contribution in [2.45, 2.75) is 36.0 Å². The van der Waals surface area contributed by atoms with Crippen LogP contribution in [-0.2, 0) is 24.8 Å². The Labute approximate surface area is 197 Å². The predicted octanol–water partition coefficient (Wildman–Crippen LogP) is 4.16. The molecule has 174 valence electrons. The molecular formula is C26H23NO6S. The summed E-state index contributed by atoms with van der Waals surface area (Å²) in [4.78, 5) is 37.1. The quantitative estimate of drug-likeness (QED) is 0.443. The van der Waals surface area contributed by atoms with Gasteiger partial charge in [-0.3, -0.25) is 9.59 Å². The first kappa shape index (κ1) is 23.4. The summed E-state index contributed by atoms with van der Waals surface area (Å²) in [7, 11) is -3.98. The van der Waals surface area contributed by atoms with Crippen molar-refractivity contribution in [1.82, 2.24) is 0 Å². The number of esters is 1. The minimum atomic E-state index is -3.98. The van der Waals surface area contributed by atoms with E-state index < -0.39 is 34.1 Å². The fourth-order valence-corrected chi connectivity index (χ4v) is 5.35. The summed E-state index contributed by atoms with van der Waals surface area (Å²) in [6.07, 6.45) is 0. The topological polar surface area (TPSA) is 107 Å². The smallest absolute Gasteiger partial charge is 0.338 e. The molecule has 0 atom stereocenters. The Morgan fingerprint density at radius 2 is 1.53 bits per heavy atom. The molecule has 3 aromatic carbocycles. The van der Waals surface area contributed by atoms with E-state index in [0.29, 0.717) is 5.69 Å². The summed E-state index contributed by atoms with van der Waals surface area (Å²) in [6.45, 7) is 5.70. The maximum absolute atomic E-state index is 13.0. The molecule has 1 N–H and O–H groups in total. The molecule has 0 unspecified atom stereocenters. The van der Waals surface area contributed by atoms with Gasteiger partial charge in [0.2, 0.25) is 9.84 Å². The fraction of sp³-hybridized carbons (Fsp3) is 0.192. The zero-order chi connectivity index (χ0) is 24.7. The van der Waals surface area contributed by atoms with E-state index in [1.165, 1.54) is 30.3 Å². The summed E-state index contributed by atoms with van der Waals surface area (Å²) in [5.41, 5.74) is 1.67. The number of amides is 1. The maximum Gasteiger partial charge on any atom is 0.338 e. The third kappa shape index (κ3) is 4.36.